The molecule has 1 aliphatic heterocycles. The van der Waals surface area contributed by atoms with Gasteiger partial charge in [0, 0.05) is 43.1 Å². The predicted octanol–water partition coefficient (Wildman–Crippen LogP) is 6.91. The van der Waals surface area contributed by atoms with Gasteiger partial charge in [0.25, 0.3) is 11.8 Å². The van der Waals surface area contributed by atoms with E-state index >= 15 is 0 Å². The summed E-state index contributed by atoms with van der Waals surface area (Å²) in [5.41, 5.74) is 8.04. The summed E-state index contributed by atoms with van der Waals surface area (Å²) >= 11 is 0. The van der Waals surface area contributed by atoms with Crippen LogP contribution in [0.2, 0.25) is 0 Å². The number of carbonyl (C=O) groups is 2. The Labute approximate surface area is 254 Å². The number of hydrogen-bond acceptors (Lipinski definition) is 5. The van der Waals surface area contributed by atoms with Crippen LogP contribution in [0.3, 0.4) is 0 Å². The highest BCUT2D eigenvalue weighted by Crippen LogP contribution is 2.29. The Hall–Kier alpha value is -4.62. The molecular weight excluding hydrogens is 536 g/mol. The van der Waals surface area contributed by atoms with E-state index in [9.17, 15) is 9.59 Å². The standard InChI is InChI=1S/C36H40N4O3/c1-4-39(3)25-29-11-7-10-28(21-29)24-37-35(41)31-15-14-30(32(23-31)38-36(42)34-13-8-20-43-34)22-27-16-18-40(19-17-27)33-12-6-5-9-26(33)2/h5-15,20-23H,4,16-19,24-25H2,1-3H3,(H,37,41)(H,38,42). The Morgan fingerprint density at radius 2 is 1.72 bits per heavy atom. The molecule has 1 aromatic heterocycles. The number of hydrogen-bond donors (Lipinski definition) is 2. The summed E-state index contributed by atoms with van der Waals surface area (Å²) in [7, 11) is 2.09. The van der Waals surface area contributed by atoms with Crippen LogP contribution in [0.4, 0.5) is 11.4 Å². The second kappa shape index (κ2) is 14.0. The van der Waals surface area contributed by atoms with E-state index < -0.39 is 0 Å². The van der Waals surface area contributed by atoms with Crippen LogP contribution in [0.5, 0.6) is 0 Å². The van der Waals surface area contributed by atoms with E-state index in [1.165, 1.54) is 28.7 Å². The first-order valence-corrected chi connectivity index (χ1v) is 14.9. The number of para-hydroxylation sites is 1. The first kappa shape index (κ1) is 29.9. The van der Waals surface area contributed by atoms with Gasteiger partial charge in [-0.2, -0.15) is 0 Å². The zero-order chi connectivity index (χ0) is 30.2. The number of anilines is 2. The Morgan fingerprint density at radius 1 is 0.930 bits per heavy atom. The molecule has 2 amide bonds. The molecule has 3 aromatic carbocycles. The van der Waals surface area contributed by atoms with Crippen molar-refractivity contribution in [2.75, 3.05) is 36.9 Å². The van der Waals surface area contributed by atoms with Crippen LogP contribution < -0.4 is 15.5 Å². The molecule has 0 bridgehead atoms. The van der Waals surface area contributed by atoms with Gasteiger partial charge >= 0.3 is 0 Å². The van der Waals surface area contributed by atoms with Crippen LogP contribution in [0.15, 0.2) is 95.1 Å². The normalized spacial score (nSPS) is 13.2. The van der Waals surface area contributed by atoms with Crippen LogP contribution in [0, 0.1) is 6.92 Å². The second-order valence-corrected chi connectivity index (χ2v) is 11.1. The van der Waals surface area contributed by atoms with Crippen molar-refractivity contribution in [2.45, 2.75) is 39.8 Å². The van der Waals surface area contributed by atoms with Crippen molar-refractivity contribution in [1.29, 1.82) is 0 Å². The molecule has 0 unspecified atom stereocenters. The van der Waals surface area contributed by atoms with Gasteiger partial charge in [0.2, 0.25) is 0 Å². The van der Waals surface area contributed by atoms with Crippen LogP contribution in [0.25, 0.3) is 6.08 Å². The summed E-state index contributed by atoms with van der Waals surface area (Å²) in [5.74, 6) is -0.339. The number of nitrogens with zero attached hydrogens (tertiary/aromatic N) is 2. The third-order valence-corrected chi connectivity index (χ3v) is 7.97. The molecule has 0 radical (unpaired) electrons. The maximum atomic E-state index is 13.2. The fraction of sp³-hybridized carbons (Fsp3) is 0.278. The number of piperidine rings is 1. The summed E-state index contributed by atoms with van der Waals surface area (Å²) in [6.07, 6.45) is 5.47. The third-order valence-electron chi connectivity index (χ3n) is 7.97. The van der Waals surface area contributed by atoms with Gasteiger partial charge in [-0.3, -0.25) is 9.59 Å². The van der Waals surface area contributed by atoms with Gasteiger partial charge in [0.15, 0.2) is 5.76 Å². The Kier molecular flexibility index (Phi) is 9.74. The number of benzene rings is 3. The average molecular weight is 577 g/mol. The maximum absolute atomic E-state index is 13.2. The monoisotopic (exact) mass is 576 g/mol. The van der Waals surface area contributed by atoms with Gasteiger partial charge in [0.1, 0.15) is 0 Å². The molecule has 4 aromatic rings. The van der Waals surface area contributed by atoms with Crippen molar-refractivity contribution in [1.82, 2.24) is 10.2 Å². The van der Waals surface area contributed by atoms with E-state index in [1.54, 1.807) is 18.2 Å². The number of aryl methyl sites for hydroxylation is 1. The zero-order valence-electron chi connectivity index (χ0n) is 25.2. The molecule has 0 aliphatic carbocycles. The molecule has 0 saturated carbocycles. The summed E-state index contributed by atoms with van der Waals surface area (Å²) in [6.45, 7) is 8.39. The van der Waals surface area contributed by atoms with Crippen LogP contribution in [-0.2, 0) is 13.1 Å². The average Bonchev–Trinajstić information content (AvgIpc) is 3.57. The van der Waals surface area contributed by atoms with E-state index in [1.807, 2.05) is 24.3 Å². The van der Waals surface area contributed by atoms with E-state index in [2.05, 4.69) is 83.8 Å². The minimum atomic E-state index is -0.356. The number of carbonyl (C=O) groups excluding carboxylic acids is 2. The van der Waals surface area contributed by atoms with Crippen molar-refractivity contribution in [3.05, 3.63) is 124 Å². The molecule has 0 atom stereocenters. The SMILES string of the molecule is CCN(C)Cc1cccc(CNC(=O)c2ccc(C=C3CCN(c4ccccc4C)CC3)c(NC(=O)c3ccco3)c2)c1. The summed E-state index contributed by atoms with van der Waals surface area (Å²) in [5, 5.41) is 6.01. The number of rotatable bonds is 10. The lowest BCUT2D eigenvalue weighted by atomic mass is 9.98. The number of nitrogens with one attached hydrogen (secondary N) is 2. The summed E-state index contributed by atoms with van der Waals surface area (Å²) in [4.78, 5) is 30.8. The quantitative estimate of drug-likeness (QED) is 0.215. The fourth-order valence-corrected chi connectivity index (χ4v) is 5.39. The van der Waals surface area contributed by atoms with Gasteiger partial charge in [0.05, 0.1) is 6.26 Å². The van der Waals surface area contributed by atoms with Gasteiger partial charge in [-0.15, -0.1) is 0 Å². The molecule has 43 heavy (non-hydrogen) atoms. The summed E-state index contributed by atoms with van der Waals surface area (Å²) < 4.78 is 5.31. The van der Waals surface area contributed by atoms with E-state index in [0.29, 0.717) is 17.8 Å². The molecule has 0 spiro atoms. The molecule has 5 rings (SSSR count). The van der Waals surface area contributed by atoms with Crippen molar-refractivity contribution in [3.8, 4) is 0 Å². The van der Waals surface area contributed by atoms with Gasteiger partial charge in [-0.05, 0) is 85.9 Å². The topological polar surface area (TPSA) is 77.8 Å². The fourth-order valence-electron chi connectivity index (χ4n) is 5.39. The maximum Gasteiger partial charge on any atom is 0.291 e. The molecule has 2 heterocycles. The molecule has 1 fully saturated rings. The molecular formula is C36H40N4O3. The first-order chi connectivity index (χ1) is 20.9. The lowest BCUT2D eigenvalue weighted by Gasteiger charge is -2.31. The van der Waals surface area contributed by atoms with Crippen LogP contribution in [-0.4, -0.2) is 43.4 Å². The largest absolute Gasteiger partial charge is 0.459 e. The second-order valence-electron chi connectivity index (χ2n) is 11.1. The molecule has 7 heteroatoms. The highest BCUT2D eigenvalue weighted by Gasteiger charge is 2.18. The highest BCUT2D eigenvalue weighted by atomic mass is 16.3. The van der Waals surface area contributed by atoms with Crippen LogP contribution in [0.1, 0.15) is 62.9 Å². The lowest BCUT2D eigenvalue weighted by Crippen LogP contribution is -2.31. The smallest absolute Gasteiger partial charge is 0.291 e. The Morgan fingerprint density at radius 3 is 2.47 bits per heavy atom. The van der Waals surface area contributed by atoms with Crippen molar-refractivity contribution in [2.24, 2.45) is 0 Å². The van der Waals surface area contributed by atoms with Gasteiger partial charge in [-0.25, -0.2) is 0 Å². The van der Waals surface area contributed by atoms with Crippen molar-refractivity contribution in [3.63, 3.8) is 0 Å². The van der Waals surface area contributed by atoms with E-state index in [-0.39, 0.29) is 17.6 Å². The van der Waals surface area contributed by atoms with Gasteiger partial charge in [-0.1, -0.05) is 67.1 Å². The van der Waals surface area contributed by atoms with Crippen molar-refractivity contribution < 1.29 is 14.0 Å². The predicted molar refractivity (Wildman–Crippen MR) is 173 cm³/mol. The first-order valence-electron chi connectivity index (χ1n) is 14.9. The molecule has 1 aliphatic rings. The van der Waals surface area contributed by atoms with Crippen LogP contribution >= 0.6 is 0 Å². The van der Waals surface area contributed by atoms with Crippen molar-refractivity contribution >= 4 is 29.3 Å². The Bertz CT molecular complexity index is 1580. The third kappa shape index (κ3) is 7.81. The highest BCUT2D eigenvalue weighted by molar-refractivity contribution is 6.04. The molecule has 1 saturated heterocycles. The number of furan rings is 1. The lowest BCUT2D eigenvalue weighted by molar-refractivity contribution is 0.0949. The minimum absolute atomic E-state index is 0.199. The van der Waals surface area contributed by atoms with Gasteiger partial charge < -0.3 is 24.9 Å². The van der Waals surface area contributed by atoms with E-state index in [4.69, 9.17) is 4.42 Å². The molecule has 2 N–H and O–H groups in total. The van der Waals surface area contributed by atoms with E-state index in [0.717, 1.165) is 50.1 Å². The Balaban J connectivity index is 1.31. The summed E-state index contributed by atoms with van der Waals surface area (Å²) in [6, 6.07) is 25.5. The number of amides is 2. The minimum Gasteiger partial charge on any atom is -0.459 e. The molecule has 222 valence electrons. The zero-order valence-corrected chi connectivity index (χ0v) is 25.2. The molecule has 7 nitrogen and oxygen atoms in total.